The molecule has 1 atom stereocenters. The molecule has 1 amide bonds. The van der Waals surface area contributed by atoms with Gasteiger partial charge in [-0.15, -0.1) is 0 Å². The quantitative estimate of drug-likeness (QED) is 0.848. The van der Waals surface area contributed by atoms with Crippen molar-refractivity contribution < 1.29 is 19.0 Å². The van der Waals surface area contributed by atoms with E-state index in [0.29, 0.717) is 50.0 Å². The van der Waals surface area contributed by atoms with Crippen molar-refractivity contribution in [3.8, 4) is 11.5 Å². The van der Waals surface area contributed by atoms with Crippen molar-refractivity contribution in [3.63, 3.8) is 0 Å². The molecule has 0 unspecified atom stereocenters. The molecule has 0 aromatic heterocycles. The van der Waals surface area contributed by atoms with Gasteiger partial charge in [-0.05, 0) is 36.6 Å². The molecule has 4 rings (SSSR count). The Bertz CT molecular complexity index is 762. The third-order valence-electron chi connectivity index (χ3n) is 4.81. The van der Waals surface area contributed by atoms with Crippen molar-refractivity contribution in [2.24, 2.45) is 0 Å². The van der Waals surface area contributed by atoms with E-state index < -0.39 is 0 Å². The van der Waals surface area contributed by atoms with E-state index in [1.807, 2.05) is 23.1 Å². The van der Waals surface area contributed by atoms with E-state index in [1.54, 1.807) is 6.07 Å². The van der Waals surface area contributed by atoms with Crippen LogP contribution < -0.4 is 9.47 Å². The molecular formula is C21H23NO4. The molecule has 0 radical (unpaired) electrons. The monoisotopic (exact) mass is 353 g/mol. The summed E-state index contributed by atoms with van der Waals surface area (Å²) in [6, 6.07) is 15.8. The summed E-state index contributed by atoms with van der Waals surface area (Å²) in [5.41, 5.74) is 1.93. The summed E-state index contributed by atoms with van der Waals surface area (Å²) in [5, 5.41) is 0. The molecule has 0 spiro atoms. The fourth-order valence-corrected chi connectivity index (χ4v) is 3.41. The molecule has 5 nitrogen and oxygen atoms in total. The number of hydrogen-bond donors (Lipinski definition) is 0. The van der Waals surface area contributed by atoms with Crippen molar-refractivity contribution in [1.29, 1.82) is 0 Å². The van der Waals surface area contributed by atoms with Gasteiger partial charge in [0.2, 0.25) is 0 Å². The summed E-state index contributed by atoms with van der Waals surface area (Å²) >= 11 is 0. The average Bonchev–Trinajstić information content (AvgIpc) is 2.72. The number of aryl methyl sites for hydroxylation is 1. The number of carbonyl (C=O) groups excluding carboxylic acids is 1. The highest BCUT2D eigenvalue weighted by Crippen LogP contribution is 2.31. The molecule has 2 aromatic rings. The van der Waals surface area contributed by atoms with E-state index >= 15 is 0 Å². The van der Waals surface area contributed by atoms with E-state index in [4.69, 9.17) is 14.2 Å². The van der Waals surface area contributed by atoms with Crippen LogP contribution in [0.3, 0.4) is 0 Å². The lowest BCUT2D eigenvalue weighted by Crippen LogP contribution is -2.45. The van der Waals surface area contributed by atoms with Gasteiger partial charge in [0.25, 0.3) is 5.91 Å². The van der Waals surface area contributed by atoms with Crippen LogP contribution in [0.25, 0.3) is 0 Å². The fourth-order valence-electron chi connectivity index (χ4n) is 3.41. The van der Waals surface area contributed by atoms with Crippen LogP contribution in [0.15, 0.2) is 48.5 Å². The zero-order chi connectivity index (χ0) is 17.8. The summed E-state index contributed by atoms with van der Waals surface area (Å²) in [4.78, 5) is 14.8. The molecule has 1 fully saturated rings. The highest BCUT2D eigenvalue weighted by Gasteiger charge is 2.26. The minimum absolute atomic E-state index is 0.0231. The van der Waals surface area contributed by atoms with Crippen LogP contribution >= 0.6 is 0 Å². The Morgan fingerprint density at radius 2 is 1.81 bits per heavy atom. The zero-order valence-electron chi connectivity index (χ0n) is 14.7. The third kappa shape index (κ3) is 3.83. The van der Waals surface area contributed by atoms with Crippen molar-refractivity contribution in [2.75, 3.05) is 32.9 Å². The smallest absolute Gasteiger partial charge is 0.254 e. The molecule has 26 heavy (non-hydrogen) atoms. The van der Waals surface area contributed by atoms with Gasteiger partial charge >= 0.3 is 0 Å². The number of morpholine rings is 1. The largest absolute Gasteiger partial charge is 0.486 e. The highest BCUT2D eigenvalue weighted by molar-refractivity contribution is 5.95. The van der Waals surface area contributed by atoms with Gasteiger partial charge in [-0.1, -0.05) is 30.3 Å². The van der Waals surface area contributed by atoms with Crippen molar-refractivity contribution in [2.45, 2.75) is 18.9 Å². The molecule has 2 aliphatic heterocycles. The Morgan fingerprint density at radius 3 is 2.65 bits per heavy atom. The van der Waals surface area contributed by atoms with Gasteiger partial charge in [-0.25, -0.2) is 0 Å². The third-order valence-corrected chi connectivity index (χ3v) is 4.81. The van der Waals surface area contributed by atoms with Crippen molar-refractivity contribution in [3.05, 3.63) is 59.7 Å². The lowest BCUT2D eigenvalue weighted by Gasteiger charge is -2.33. The standard InChI is InChI=1S/C21H23NO4/c23-21(17-7-9-19-20(14-17)26-13-12-25-19)22-10-11-24-18(15-22)8-6-16-4-2-1-3-5-16/h1-5,7,9,14,18H,6,8,10-13,15H2/t18-/m1/s1. The maximum atomic E-state index is 12.9. The minimum Gasteiger partial charge on any atom is -0.486 e. The van der Waals surface area contributed by atoms with Crippen LogP contribution in [-0.2, 0) is 11.2 Å². The molecule has 136 valence electrons. The zero-order valence-corrected chi connectivity index (χ0v) is 14.7. The van der Waals surface area contributed by atoms with Crippen LogP contribution in [0.1, 0.15) is 22.3 Å². The van der Waals surface area contributed by atoms with Crippen LogP contribution in [0, 0.1) is 0 Å². The molecular weight excluding hydrogens is 330 g/mol. The Kier molecular flexibility index (Phi) is 5.07. The lowest BCUT2D eigenvalue weighted by molar-refractivity contribution is -0.0246. The van der Waals surface area contributed by atoms with Gasteiger partial charge in [-0.2, -0.15) is 0 Å². The van der Waals surface area contributed by atoms with Gasteiger partial charge in [0.15, 0.2) is 11.5 Å². The second kappa shape index (κ2) is 7.79. The second-order valence-electron chi connectivity index (χ2n) is 6.63. The number of benzene rings is 2. The maximum Gasteiger partial charge on any atom is 0.254 e. The van der Waals surface area contributed by atoms with Gasteiger partial charge in [0.05, 0.1) is 12.7 Å². The molecule has 0 aliphatic carbocycles. The number of carbonyl (C=O) groups is 1. The number of nitrogens with zero attached hydrogens (tertiary/aromatic N) is 1. The Hall–Kier alpha value is -2.53. The Balaban J connectivity index is 1.38. The van der Waals surface area contributed by atoms with E-state index in [0.717, 1.165) is 12.8 Å². The summed E-state index contributed by atoms with van der Waals surface area (Å²) in [5.74, 6) is 1.38. The van der Waals surface area contributed by atoms with Crippen LogP contribution in [0.5, 0.6) is 11.5 Å². The summed E-state index contributed by atoms with van der Waals surface area (Å²) in [7, 11) is 0. The van der Waals surface area contributed by atoms with Gasteiger partial charge in [-0.3, -0.25) is 4.79 Å². The highest BCUT2D eigenvalue weighted by atomic mass is 16.6. The molecule has 5 heteroatoms. The van der Waals surface area contributed by atoms with Crippen LogP contribution in [0.2, 0.25) is 0 Å². The van der Waals surface area contributed by atoms with Crippen LogP contribution in [-0.4, -0.2) is 49.8 Å². The second-order valence-corrected chi connectivity index (χ2v) is 6.63. The number of amides is 1. The first kappa shape index (κ1) is 16.9. The first-order chi connectivity index (χ1) is 12.8. The normalized spacial score (nSPS) is 19.2. The number of fused-ring (bicyclic) bond motifs is 1. The summed E-state index contributed by atoms with van der Waals surface area (Å²) in [6.07, 6.45) is 1.94. The first-order valence-electron chi connectivity index (χ1n) is 9.14. The first-order valence-corrected chi connectivity index (χ1v) is 9.14. The Morgan fingerprint density at radius 1 is 1.00 bits per heavy atom. The SMILES string of the molecule is O=C(c1ccc2c(c1)OCCO2)N1CCO[C@H](CCc2ccccc2)C1. The van der Waals surface area contributed by atoms with Crippen molar-refractivity contribution >= 4 is 5.91 Å². The molecule has 2 aliphatic rings. The van der Waals surface area contributed by atoms with Gasteiger partial charge < -0.3 is 19.1 Å². The van der Waals surface area contributed by atoms with Crippen molar-refractivity contribution in [1.82, 2.24) is 4.90 Å². The summed E-state index contributed by atoms with van der Waals surface area (Å²) < 4.78 is 17.0. The van der Waals surface area contributed by atoms with E-state index in [1.165, 1.54) is 5.56 Å². The average molecular weight is 353 g/mol. The number of hydrogen-bond acceptors (Lipinski definition) is 4. The number of rotatable bonds is 4. The summed E-state index contributed by atoms with van der Waals surface area (Å²) in [6.45, 7) is 2.89. The fraction of sp³-hybridized carbons (Fsp3) is 0.381. The minimum atomic E-state index is 0.0231. The topological polar surface area (TPSA) is 48.0 Å². The molecule has 0 bridgehead atoms. The van der Waals surface area contributed by atoms with Crippen LogP contribution in [0.4, 0.5) is 0 Å². The molecule has 2 aromatic carbocycles. The van der Waals surface area contributed by atoms with E-state index in [-0.39, 0.29) is 12.0 Å². The molecule has 2 heterocycles. The van der Waals surface area contributed by atoms with Gasteiger partial charge in [0.1, 0.15) is 13.2 Å². The van der Waals surface area contributed by atoms with Gasteiger partial charge in [0, 0.05) is 18.7 Å². The number of ether oxygens (including phenoxy) is 3. The predicted molar refractivity (Wildman–Crippen MR) is 97.8 cm³/mol. The Labute approximate surface area is 153 Å². The molecule has 1 saturated heterocycles. The van der Waals surface area contributed by atoms with E-state index in [2.05, 4.69) is 24.3 Å². The predicted octanol–water partition coefficient (Wildman–Crippen LogP) is 2.93. The lowest BCUT2D eigenvalue weighted by atomic mass is 10.1. The van der Waals surface area contributed by atoms with E-state index in [9.17, 15) is 4.79 Å². The molecule has 0 N–H and O–H groups in total. The molecule has 0 saturated carbocycles. The maximum absolute atomic E-state index is 12.9.